The summed E-state index contributed by atoms with van der Waals surface area (Å²) in [5, 5.41) is -0.131. The van der Waals surface area contributed by atoms with Crippen LogP contribution >= 0.6 is 0 Å². The third-order valence-corrected chi connectivity index (χ3v) is 10.4. The van der Waals surface area contributed by atoms with Gasteiger partial charge in [0.2, 0.25) is 0 Å². The van der Waals surface area contributed by atoms with E-state index in [0.717, 1.165) is 24.3 Å². The number of quaternary nitrogens is 1. The molecule has 0 atom stereocenters. The average Bonchev–Trinajstić information content (AvgIpc) is 2.88. The SMILES string of the molecule is CCCC[N+](CCCC)(CCCC)CCCC.CCO[Si-](F)(OCC)(OCC)c1ccc(C(F)(F)F)cc1. The van der Waals surface area contributed by atoms with Crippen molar-refractivity contribution in [1.29, 1.82) is 0 Å². The zero-order chi connectivity index (χ0) is 29.2. The fraction of sp³-hybridized carbons (Fsp3) is 0.793. The van der Waals surface area contributed by atoms with E-state index in [9.17, 15) is 13.2 Å². The second-order valence-corrected chi connectivity index (χ2v) is 13.1. The number of hydrogen-bond acceptors (Lipinski definition) is 3. The van der Waals surface area contributed by atoms with Crippen molar-refractivity contribution in [3.63, 3.8) is 0 Å². The third kappa shape index (κ3) is 12.0. The molecule has 1 aromatic carbocycles. The van der Waals surface area contributed by atoms with E-state index in [4.69, 9.17) is 13.3 Å². The van der Waals surface area contributed by atoms with Crippen LogP contribution in [0.5, 0.6) is 0 Å². The van der Waals surface area contributed by atoms with Crippen LogP contribution in [0.4, 0.5) is 17.3 Å². The molecule has 0 bridgehead atoms. The molecule has 0 aliphatic carbocycles. The minimum atomic E-state index is -5.40. The molecule has 9 heteroatoms. The van der Waals surface area contributed by atoms with Crippen LogP contribution in [0.3, 0.4) is 0 Å². The maximum absolute atomic E-state index is 15.5. The minimum absolute atomic E-state index is 0.0225. The van der Waals surface area contributed by atoms with Gasteiger partial charge < -0.3 is 4.48 Å². The Balaban J connectivity index is 0.000000739. The Morgan fingerprint density at radius 1 is 0.605 bits per heavy atom. The quantitative estimate of drug-likeness (QED) is 0.0725. The Morgan fingerprint density at radius 2 is 0.921 bits per heavy atom. The van der Waals surface area contributed by atoms with E-state index in [1.807, 2.05) is 0 Å². The van der Waals surface area contributed by atoms with Gasteiger partial charge >= 0.3 is 121 Å². The number of rotatable bonds is 19. The van der Waals surface area contributed by atoms with Gasteiger partial charge in [0.25, 0.3) is 0 Å². The fourth-order valence-electron chi connectivity index (χ4n) is 4.68. The first-order chi connectivity index (χ1) is 17.9. The Labute approximate surface area is 230 Å². The van der Waals surface area contributed by atoms with E-state index in [2.05, 4.69) is 27.7 Å². The molecule has 0 heterocycles. The number of benzene rings is 1. The summed E-state index contributed by atoms with van der Waals surface area (Å²) in [5.41, 5.74) is -0.871. The first-order valence-electron chi connectivity index (χ1n) is 14.8. The Morgan fingerprint density at radius 3 is 1.16 bits per heavy atom. The van der Waals surface area contributed by atoms with Crippen molar-refractivity contribution < 1.29 is 35.0 Å². The number of alkyl halides is 3. The van der Waals surface area contributed by atoms with Crippen LogP contribution in [-0.2, 0) is 19.5 Å². The monoisotopic (exact) mass is 569 g/mol. The molecular formula is C29H55F4NO3Si. The summed E-state index contributed by atoms with van der Waals surface area (Å²) < 4.78 is 70.2. The first kappa shape index (κ1) is 37.0. The predicted molar refractivity (Wildman–Crippen MR) is 152 cm³/mol. The Kier molecular flexibility index (Phi) is 17.9. The van der Waals surface area contributed by atoms with E-state index in [1.54, 1.807) is 20.8 Å². The topological polar surface area (TPSA) is 27.7 Å². The molecule has 0 saturated heterocycles. The summed E-state index contributed by atoms with van der Waals surface area (Å²) in [6.07, 6.45) is 6.57. The summed E-state index contributed by atoms with van der Waals surface area (Å²) in [6, 6.07) is 3.60. The molecule has 38 heavy (non-hydrogen) atoms. The van der Waals surface area contributed by atoms with Crippen LogP contribution in [-0.4, -0.2) is 58.9 Å². The van der Waals surface area contributed by atoms with Crippen molar-refractivity contribution in [2.24, 2.45) is 0 Å². The van der Waals surface area contributed by atoms with E-state index >= 15 is 4.11 Å². The van der Waals surface area contributed by atoms with Gasteiger partial charge in [-0.1, -0.05) is 53.4 Å². The van der Waals surface area contributed by atoms with Gasteiger partial charge in [-0.05, 0) is 25.7 Å². The van der Waals surface area contributed by atoms with E-state index < -0.39 is 20.2 Å². The van der Waals surface area contributed by atoms with Crippen LogP contribution in [0.25, 0.3) is 0 Å². The van der Waals surface area contributed by atoms with Crippen LogP contribution in [0.15, 0.2) is 24.3 Å². The summed E-state index contributed by atoms with van der Waals surface area (Å²) in [5.74, 6) is 0. The van der Waals surface area contributed by atoms with Gasteiger partial charge in [0.05, 0.1) is 26.2 Å². The second kappa shape index (κ2) is 18.4. The van der Waals surface area contributed by atoms with Gasteiger partial charge in [-0.3, -0.25) is 0 Å². The summed E-state index contributed by atoms with van der Waals surface area (Å²) in [4.78, 5) is 0. The normalized spacial score (nSPS) is 13.5. The molecular weight excluding hydrogens is 514 g/mol. The van der Waals surface area contributed by atoms with Crippen molar-refractivity contribution in [2.75, 3.05) is 46.0 Å². The molecule has 0 N–H and O–H groups in total. The maximum atomic E-state index is 15.5. The van der Waals surface area contributed by atoms with Gasteiger partial charge in [0.15, 0.2) is 0 Å². The van der Waals surface area contributed by atoms with E-state index in [1.165, 1.54) is 82.0 Å². The van der Waals surface area contributed by atoms with Gasteiger partial charge in [-0.15, -0.1) is 0 Å². The van der Waals surface area contributed by atoms with Crippen LogP contribution in [0.2, 0.25) is 0 Å². The summed E-state index contributed by atoms with van der Waals surface area (Å²) >= 11 is 0. The average molecular weight is 570 g/mol. The van der Waals surface area contributed by atoms with Gasteiger partial charge in [0, 0.05) is 0 Å². The molecule has 4 nitrogen and oxygen atoms in total. The molecule has 1 aromatic rings. The van der Waals surface area contributed by atoms with Gasteiger partial charge in [-0.25, -0.2) is 0 Å². The molecule has 0 unspecified atom stereocenters. The molecule has 0 aliphatic rings. The third-order valence-electron chi connectivity index (χ3n) is 6.79. The molecule has 0 amide bonds. The first-order valence-corrected chi connectivity index (χ1v) is 16.9. The van der Waals surface area contributed by atoms with Crippen molar-refractivity contribution >= 4 is 13.6 Å². The predicted octanol–water partition coefficient (Wildman–Crippen LogP) is 8.38. The summed E-state index contributed by atoms with van der Waals surface area (Å²) in [6.45, 7) is 19.6. The standard InChI is InChI=1S/C16H36N.C13H19F4O3Si/c1-5-9-13-17(14-10-6-2,15-11-7-3)16-12-8-4;1-4-18-21(17,19-5-2,20-6-3)12-9-7-11(8-10-12)13(14,15)16/h5-16H2,1-4H3;7-10H,4-6H2,1-3H3/q+1;-1. The zero-order valence-electron chi connectivity index (χ0n) is 25.1. The van der Waals surface area contributed by atoms with Crippen molar-refractivity contribution in [1.82, 2.24) is 0 Å². The second-order valence-electron chi connectivity index (χ2n) is 9.91. The van der Waals surface area contributed by atoms with Gasteiger partial charge in [-0.2, -0.15) is 0 Å². The molecule has 0 fully saturated rings. The fourth-order valence-corrected chi connectivity index (χ4v) is 7.60. The zero-order valence-corrected chi connectivity index (χ0v) is 26.1. The molecule has 0 saturated carbocycles. The van der Waals surface area contributed by atoms with E-state index in [-0.39, 0.29) is 25.0 Å². The van der Waals surface area contributed by atoms with Crippen LogP contribution in [0, 0.1) is 0 Å². The van der Waals surface area contributed by atoms with E-state index in [0.29, 0.717) is 0 Å². The number of nitrogens with zero attached hydrogens (tertiary/aromatic N) is 1. The van der Waals surface area contributed by atoms with Gasteiger partial charge in [0.1, 0.15) is 0 Å². The molecule has 1 rings (SSSR count). The molecule has 0 aromatic heterocycles. The molecule has 0 aliphatic heterocycles. The number of hydrogen-bond donors (Lipinski definition) is 0. The van der Waals surface area contributed by atoms with Crippen molar-refractivity contribution in [3.05, 3.63) is 29.8 Å². The van der Waals surface area contributed by atoms with Crippen LogP contribution < -0.4 is 5.19 Å². The molecule has 226 valence electrons. The molecule has 0 spiro atoms. The van der Waals surface area contributed by atoms with Crippen molar-refractivity contribution in [3.8, 4) is 0 Å². The molecule has 0 radical (unpaired) electrons. The number of halogens is 4. The Bertz CT molecular complexity index is 674. The van der Waals surface area contributed by atoms with Crippen molar-refractivity contribution in [2.45, 2.75) is 106 Å². The van der Waals surface area contributed by atoms with Crippen LogP contribution in [0.1, 0.15) is 105 Å². The Hall–Kier alpha value is -1.00. The number of unbranched alkanes of at least 4 members (excludes halogenated alkanes) is 4. The summed E-state index contributed by atoms with van der Waals surface area (Å²) in [7, 11) is -5.40.